The first-order valence-electron chi connectivity index (χ1n) is 10.4. The number of nitrogens with zero attached hydrogens (tertiary/aromatic N) is 2. The van der Waals surface area contributed by atoms with Crippen molar-refractivity contribution < 1.29 is 28.5 Å². The van der Waals surface area contributed by atoms with Gasteiger partial charge in [-0.05, 0) is 44.4 Å². The van der Waals surface area contributed by atoms with E-state index in [0.717, 1.165) is 25.9 Å². The Labute approximate surface area is 170 Å². The van der Waals surface area contributed by atoms with Crippen molar-refractivity contribution in [3.8, 4) is 11.5 Å². The van der Waals surface area contributed by atoms with E-state index in [9.17, 15) is 9.59 Å². The molecule has 3 aliphatic rings. The third kappa shape index (κ3) is 4.42. The number of hydrogen-bond acceptors (Lipinski definition) is 6. The summed E-state index contributed by atoms with van der Waals surface area (Å²) in [4.78, 5) is 29.1. The molecule has 8 heteroatoms. The van der Waals surface area contributed by atoms with Gasteiger partial charge in [0.1, 0.15) is 0 Å². The van der Waals surface area contributed by atoms with E-state index < -0.39 is 0 Å². The molecule has 0 radical (unpaired) electrons. The lowest BCUT2D eigenvalue weighted by Gasteiger charge is -2.39. The van der Waals surface area contributed by atoms with Crippen LogP contribution < -0.4 is 9.47 Å². The number of likely N-dealkylation sites (tertiary alicyclic amines) is 1. The Morgan fingerprint density at radius 2 is 1.97 bits per heavy atom. The van der Waals surface area contributed by atoms with E-state index in [4.69, 9.17) is 18.9 Å². The fourth-order valence-electron chi connectivity index (χ4n) is 4.17. The molecule has 158 valence electrons. The van der Waals surface area contributed by atoms with Crippen LogP contribution in [0.3, 0.4) is 0 Å². The molecule has 3 heterocycles. The second-order valence-corrected chi connectivity index (χ2v) is 7.67. The maximum Gasteiger partial charge on any atom is 0.409 e. The molecule has 0 spiro atoms. The van der Waals surface area contributed by atoms with Crippen LogP contribution in [-0.4, -0.2) is 74.1 Å². The Kier molecular flexibility index (Phi) is 6.08. The Bertz CT molecular complexity index is 741. The highest BCUT2D eigenvalue weighted by atomic mass is 16.7. The number of hydrogen-bond donors (Lipinski definition) is 0. The molecule has 1 aromatic carbocycles. The van der Waals surface area contributed by atoms with E-state index in [2.05, 4.69) is 0 Å². The van der Waals surface area contributed by atoms with Crippen molar-refractivity contribution in [3.63, 3.8) is 0 Å². The van der Waals surface area contributed by atoms with Crippen LogP contribution in [0.4, 0.5) is 4.79 Å². The van der Waals surface area contributed by atoms with Crippen molar-refractivity contribution in [2.24, 2.45) is 5.92 Å². The second-order valence-electron chi connectivity index (χ2n) is 7.67. The molecule has 0 N–H and O–H groups in total. The zero-order valence-electron chi connectivity index (χ0n) is 16.8. The second kappa shape index (κ2) is 8.90. The summed E-state index contributed by atoms with van der Waals surface area (Å²) in [6.07, 6.45) is 2.17. The van der Waals surface area contributed by atoms with E-state index >= 15 is 0 Å². The molecular formula is C21H28N2O6. The molecular weight excluding hydrogens is 376 g/mol. The van der Waals surface area contributed by atoms with Crippen molar-refractivity contribution in [2.45, 2.75) is 32.2 Å². The van der Waals surface area contributed by atoms with Gasteiger partial charge in [0.05, 0.1) is 13.2 Å². The summed E-state index contributed by atoms with van der Waals surface area (Å²) < 4.78 is 21.4. The van der Waals surface area contributed by atoms with Crippen molar-refractivity contribution in [1.29, 1.82) is 0 Å². The summed E-state index contributed by atoms with van der Waals surface area (Å²) in [7, 11) is 0. The third-order valence-electron chi connectivity index (χ3n) is 5.79. The molecule has 4 rings (SSSR count). The maximum absolute atomic E-state index is 13.4. The predicted molar refractivity (Wildman–Crippen MR) is 104 cm³/mol. The van der Waals surface area contributed by atoms with Crippen molar-refractivity contribution >= 4 is 12.0 Å². The Morgan fingerprint density at radius 3 is 2.69 bits per heavy atom. The quantitative estimate of drug-likeness (QED) is 0.751. The van der Waals surface area contributed by atoms with Gasteiger partial charge in [-0.1, -0.05) is 0 Å². The van der Waals surface area contributed by atoms with E-state index in [1.54, 1.807) is 30.0 Å². The number of piperidine rings is 1. The molecule has 0 unspecified atom stereocenters. The van der Waals surface area contributed by atoms with E-state index in [1.165, 1.54) is 0 Å². The smallest absolute Gasteiger partial charge is 0.409 e. The van der Waals surface area contributed by atoms with Gasteiger partial charge in [-0.2, -0.15) is 0 Å². The van der Waals surface area contributed by atoms with Crippen LogP contribution in [0.1, 0.15) is 36.5 Å². The predicted octanol–water partition coefficient (Wildman–Crippen LogP) is 2.51. The summed E-state index contributed by atoms with van der Waals surface area (Å²) in [6, 6.07) is 5.42. The Hall–Kier alpha value is -2.48. The summed E-state index contributed by atoms with van der Waals surface area (Å²) >= 11 is 0. The molecule has 2 saturated heterocycles. The lowest BCUT2D eigenvalue weighted by Crippen LogP contribution is -2.50. The van der Waals surface area contributed by atoms with Crippen LogP contribution in [0.2, 0.25) is 0 Å². The average molecular weight is 404 g/mol. The summed E-state index contributed by atoms with van der Waals surface area (Å²) in [5.41, 5.74) is 0.598. The summed E-state index contributed by atoms with van der Waals surface area (Å²) in [5.74, 6) is 1.61. The molecule has 1 aromatic rings. The number of carbonyl (C=O) groups is 2. The average Bonchev–Trinajstić information content (AvgIpc) is 3.43. The van der Waals surface area contributed by atoms with Gasteiger partial charge < -0.3 is 28.7 Å². The first-order chi connectivity index (χ1) is 14.2. The largest absolute Gasteiger partial charge is 0.454 e. The molecule has 2 fully saturated rings. The van der Waals surface area contributed by atoms with Gasteiger partial charge in [-0.3, -0.25) is 4.79 Å². The molecule has 0 bridgehead atoms. The highest BCUT2D eigenvalue weighted by molar-refractivity contribution is 5.95. The number of rotatable bonds is 5. The van der Waals surface area contributed by atoms with Gasteiger partial charge >= 0.3 is 6.09 Å². The minimum Gasteiger partial charge on any atom is -0.454 e. The van der Waals surface area contributed by atoms with Crippen molar-refractivity contribution in [3.05, 3.63) is 23.8 Å². The fraction of sp³-hybridized carbons (Fsp3) is 0.619. The topological polar surface area (TPSA) is 77.5 Å². The summed E-state index contributed by atoms with van der Waals surface area (Å²) in [6.45, 7) is 5.64. The number of benzene rings is 1. The highest BCUT2D eigenvalue weighted by Crippen LogP contribution is 2.33. The van der Waals surface area contributed by atoms with Crippen LogP contribution >= 0.6 is 0 Å². The first-order valence-corrected chi connectivity index (χ1v) is 10.4. The lowest BCUT2D eigenvalue weighted by molar-refractivity contribution is 0.0486. The number of amides is 2. The maximum atomic E-state index is 13.4. The fourth-order valence-corrected chi connectivity index (χ4v) is 4.17. The van der Waals surface area contributed by atoms with E-state index in [0.29, 0.717) is 55.8 Å². The standard InChI is InChI=1S/C21H28N2O6/c1-2-27-21(25)22-8-5-17(6-9-22)23(12-15-7-10-26-13-15)20(24)16-3-4-18-19(11-16)29-14-28-18/h3-4,11,15,17H,2,5-10,12-14H2,1H3/t15-/m1/s1. The molecule has 29 heavy (non-hydrogen) atoms. The number of fused-ring (bicyclic) bond motifs is 1. The minimum atomic E-state index is -0.274. The van der Waals surface area contributed by atoms with Crippen LogP contribution in [-0.2, 0) is 9.47 Å². The van der Waals surface area contributed by atoms with Crippen LogP contribution in [0.5, 0.6) is 11.5 Å². The normalized spacial score (nSPS) is 21.3. The van der Waals surface area contributed by atoms with Gasteiger partial charge in [0.2, 0.25) is 6.79 Å². The van der Waals surface area contributed by atoms with Crippen molar-refractivity contribution in [1.82, 2.24) is 9.80 Å². The molecule has 8 nitrogen and oxygen atoms in total. The van der Waals surface area contributed by atoms with Crippen molar-refractivity contribution in [2.75, 3.05) is 46.2 Å². The van der Waals surface area contributed by atoms with Gasteiger partial charge in [-0.25, -0.2) is 4.79 Å². The number of ether oxygens (including phenoxy) is 4. The van der Waals surface area contributed by atoms with Crippen LogP contribution in [0, 0.1) is 5.92 Å². The SMILES string of the molecule is CCOC(=O)N1CCC(N(C[C@H]2CCOC2)C(=O)c2ccc3c(c2)OCO3)CC1. The molecule has 2 amide bonds. The van der Waals surface area contributed by atoms with Gasteiger partial charge in [0.15, 0.2) is 11.5 Å². The third-order valence-corrected chi connectivity index (χ3v) is 5.79. The monoisotopic (exact) mass is 404 g/mol. The van der Waals surface area contributed by atoms with E-state index in [-0.39, 0.29) is 24.8 Å². The molecule has 1 atom stereocenters. The first kappa shape index (κ1) is 19.8. The Balaban J connectivity index is 1.48. The van der Waals surface area contributed by atoms with Crippen LogP contribution in [0.15, 0.2) is 18.2 Å². The van der Waals surface area contributed by atoms with Crippen LogP contribution in [0.25, 0.3) is 0 Å². The molecule has 3 aliphatic heterocycles. The zero-order valence-corrected chi connectivity index (χ0v) is 16.8. The highest BCUT2D eigenvalue weighted by Gasteiger charge is 2.33. The molecule has 0 saturated carbocycles. The Morgan fingerprint density at radius 1 is 1.17 bits per heavy atom. The van der Waals surface area contributed by atoms with Gasteiger partial charge in [0.25, 0.3) is 5.91 Å². The van der Waals surface area contributed by atoms with Gasteiger partial charge in [0, 0.05) is 43.8 Å². The van der Waals surface area contributed by atoms with E-state index in [1.807, 2.05) is 4.90 Å². The zero-order chi connectivity index (χ0) is 20.2. The molecule has 0 aromatic heterocycles. The minimum absolute atomic E-state index is 0.00946. The molecule has 0 aliphatic carbocycles. The van der Waals surface area contributed by atoms with Gasteiger partial charge in [-0.15, -0.1) is 0 Å². The summed E-state index contributed by atoms with van der Waals surface area (Å²) in [5, 5.41) is 0. The number of carbonyl (C=O) groups excluding carboxylic acids is 2. The lowest BCUT2D eigenvalue weighted by atomic mass is 9.99.